The summed E-state index contributed by atoms with van der Waals surface area (Å²) in [5.41, 5.74) is 1.62. The predicted octanol–water partition coefficient (Wildman–Crippen LogP) is 4.02. The number of fused-ring (bicyclic) bond motifs is 1. The highest BCUT2D eigenvalue weighted by molar-refractivity contribution is 5.90. The average molecular weight is 315 g/mol. The number of unbranched alkanes of at least 4 members (excludes halogenated alkanes) is 2. The molecular formula is C19H27N2O2-. The first-order chi connectivity index (χ1) is 11.3. The molecule has 1 heterocycles. The molecule has 4 heteroatoms. The first kappa shape index (κ1) is 16.2. The summed E-state index contributed by atoms with van der Waals surface area (Å²) in [4.78, 5) is 4.22. The van der Waals surface area contributed by atoms with E-state index in [1.165, 1.54) is 44.9 Å². The minimum Gasteiger partial charge on any atom is -0.860 e. The summed E-state index contributed by atoms with van der Waals surface area (Å²) >= 11 is 0. The molecule has 1 aromatic carbocycles. The SMILES string of the molecule is COc1ccc2c(c1)N=C([O-])C(CCCCCC1CCCC1)N2. The van der Waals surface area contributed by atoms with Gasteiger partial charge in [0.15, 0.2) is 0 Å². The van der Waals surface area contributed by atoms with Crippen molar-refractivity contribution in [3.63, 3.8) is 0 Å². The molecule has 1 atom stereocenters. The lowest BCUT2D eigenvalue weighted by Gasteiger charge is -2.30. The van der Waals surface area contributed by atoms with Crippen LogP contribution in [0.4, 0.5) is 11.4 Å². The summed E-state index contributed by atoms with van der Waals surface area (Å²) in [6, 6.07) is 5.48. The van der Waals surface area contributed by atoms with Crippen LogP contribution in [0, 0.1) is 5.92 Å². The number of benzene rings is 1. The van der Waals surface area contributed by atoms with Crippen LogP contribution >= 0.6 is 0 Å². The van der Waals surface area contributed by atoms with Crippen LogP contribution in [0.3, 0.4) is 0 Å². The van der Waals surface area contributed by atoms with Crippen LogP contribution in [0.1, 0.15) is 57.8 Å². The Bertz CT molecular complexity index is 550. The fraction of sp³-hybridized carbons (Fsp3) is 0.632. The van der Waals surface area contributed by atoms with Crippen molar-refractivity contribution < 1.29 is 9.84 Å². The molecule has 126 valence electrons. The van der Waals surface area contributed by atoms with Crippen molar-refractivity contribution in [1.29, 1.82) is 0 Å². The molecule has 0 saturated heterocycles. The number of hydrogen-bond donors (Lipinski definition) is 1. The van der Waals surface area contributed by atoms with E-state index in [9.17, 15) is 5.11 Å². The Kier molecular flexibility index (Phi) is 5.42. The molecule has 0 radical (unpaired) electrons. The summed E-state index contributed by atoms with van der Waals surface area (Å²) in [6.07, 6.45) is 11.6. The Morgan fingerprint density at radius 2 is 1.96 bits per heavy atom. The van der Waals surface area contributed by atoms with Gasteiger partial charge in [-0.3, -0.25) is 4.99 Å². The van der Waals surface area contributed by atoms with Crippen molar-refractivity contribution in [2.24, 2.45) is 10.9 Å². The van der Waals surface area contributed by atoms with E-state index in [2.05, 4.69) is 10.3 Å². The summed E-state index contributed by atoms with van der Waals surface area (Å²) in [6.45, 7) is 0. The molecule has 1 aromatic rings. The highest BCUT2D eigenvalue weighted by Crippen LogP contribution is 2.34. The van der Waals surface area contributed by atoms with Crippen molar-refractivity contribution in [1.82, 2.24) is 0 Å². The highest BCUT2D eigenvalue weighted by atomic mass is 16.5. The molecule has 1 aliphatic carbocycles. The van der Waals surface area contributed by atoms with Crippen LogP contribution in [0.5, 0.6) is 5.75 Å². The Morgan fingerprint density at radius 3 is 2.74 bits per heavy atom. The van der Waals surface area contributed by atoms with E-state index in [1.807, 2.05) is 12.1 Å². The number of aliphatic imine (C=N–C) groups is 1. The zero-order valence-electron chi connectivity index (χ0n) is 14.0. The monoisotopic (exact) mass is 315 g/mol. The second-order valence-electron chi connectivity index (χ2n) is 6.82. The molecular weight excluding hydrogens is 288 g/mol. The zero-order chi connectivity index (χ0) is 16.1. The van der Waals surface area contributed by atoms with Gasteiger partial charge in [-0.1, -0.05) is 51.4 Å². The first-order valence-electron chi connectivity index (χ1n) is 8.96. The third-order valence-corrected chi connectivity index (χ3v) is 5.14. The summed E-state index contributed by atoms with van der Waals surface area (Å²) in [5, 5.41) is 15.5. The topological polar surface area (TPSA) is 56.7 Å². The van der Waals surface area contributed by atoms with Gasteiger partial charge in [0.1, 0.15) is 5.75 Å². The van der Waals surface area contributed by atoms with Gasteiger partial charge in [-0.05, 0) is 30.4 Å². The smallest absolute Gasteiger partial charge is 0.121 e. The molecule has 0 bridgehead atoms. The molecule has 4 nitrogen and oxygen atoms in total. The molecule has 1 fully saturated rings. The van der Waals surface area contributed by atoms with Gasteiger partial charge in [0.05, 0.1) is 24.5 Å². The number of methoxy groups -OCH3 is 1. The van der Waals surface area contributed by atoms with E-state index in [0.29, 0.717) is 5.69 Å². The van der Waals surface area contributed by atoms with E-state index in [1.54, 1.807) is 13.2 Å². The van der Waals surface area contributed by atoms with Gasteiger partial charge in [-0.15, -0.1) is 0 Å². The maximum Gasteiger partial charge on any atom is 0.121 e. The largest absolute Gasteiger partial charge is 0.860 e. The zero-order valence-corrected chi connectivity index (χ0v) is 14.0. The fourth-order valence-electron chi connectivity index (χ4n) is 3.75. The van der Waals surface area contributed by atoms with Crippen molar-refractivity contribution in [3.8, 4) is 5.75 Å². The molecule has 3 rings (SSSR count). The van der Waals surface area contributed by atoms with E-state index in [0.717, 1.165) is 30.2 Å². The van der Waals surface area contributed by atoms with Crippen molar-refractivity contribution in [3.05, 3.63) is 18.2 Å². The van der Waals surface area contributed by atoms with Gasteiger partial charge in [-0.2, -0.15) is 0 Å². The normalized spacial score (nSPS) is 20.7. The Morgan fingerprint density at radius 1 is 1.17 bits per heavy atom. The molecule has 0 amide bonds. The van der Waals surface area contributed by atoms with Crippen molar-refractivity contribution in [2.75, 3.05) is 12.4 Å². The van der Waals surface area contributed by atoms with E-state index in [-0.39, 0.29) is 11.9 Å². The number of nitrogens with zero attached hydrogens (tertiary/aromatic N) is 1. The maximum atomic E-state index is 12.2. The molecule has 0 spiro atoms. The molecule has 1 saturated carbocycles. The minimum atomic E-state index is -0.164. The third-order valence-electron chi connectivity index (χ3n) is 5.14. The highest BCUT2D eigenvalue weighted by Gasteiger charge is 2.17. The van der Waals surface area contributed by atoms with Crippen LogP contribution in [-0.2, 0) is 0 Å². The van der Waals surface area contributed by atoms with E-state index in [4.69, 9.17) is 4.74 Å². The summed E-state index contributed by atoms with van der Waals surface area (Å²) in [7, 11) is 1.62. The lowest BCUT2D eigenvalue weighted by molar-refractivity contribution is -0.219. The molecule has 23 heavy (non-hydrogen) atoms. The van der Waals surface area contributed by atoms with Gasteiger partial charge < -0.3 is 15.2 Å². The van der Waals surface area contributed by atoms with Crippen LogP contribution in [0.15, 0.2) is 23.2 Å². The molecule has 1 aliphatic heterocycles. The summed E-state index contributed by atoms with van der Waals surface area (Å²) < 4.78 is 5.18. The Labute approximate surface area is 139 Å². The molecule has 0 aromatic heterocycles. The van der Waals surface area contributed by atoms with Gasteiger partial charge in [0.25, 0.3) is 0 Å². The van der Waals surface area contributed by atoms with Gasteiger partial charge in [0, 0.05) is 6.07 Å². The molecule has 1 unspecified atom stereocenters. The third kappa shape index (κ3) is 4.18. The lowest BCUT2D eigenvalue weighted by Crippen LogP contribution is -2.40. The molecule has 2 aliphatic rings. The van der Waals surface area contributed by atoms with Crippen LogP contribution in [-0.4, -0.2) is 19.0 Å². The van der Waals surface area contributed by atoms with Crippen molar-refractivity contribution in [2.45, 2.75) is 63.8 Å². The number of ether oxygens (including phenoxy) is 1. The maximum absolute atomic E-state index is 12.2. The van der Waals surface area contributed by atoms with Crippen LogP contribution in [0.2, 0.25) is 0 Å². The minimum absolute atomic E-state index is 0.0541. The second kappa shape index (κ2) is 7.71. The standard InChI is InChI=1S/C19H28N2O2/c1-23-15-11-12-16-18(13-15)21-19(22)17(20-16)10-4-2-3-7-14-8-5-6-9-14/h11-14,17,20H,2-10H2,1H3,(H,21,22)/p-1. The quantitative estimate of drug-likeness (QED) is 0.773. The number of nitrogens with one attached hydrogen (secondary N) is 1. The second-order valence-corrected chi connectivity index (χ2v) is 6.82. The van der Waals surface area contributed by atoms with Crippen LogP contribution < -0.4 is 15.2 Å². The Hall–Kier alpha value is -1.71. The molecule has 1 N–H and O–H groups in total. The van der Waals surface area contributed by atoms with Gasteiger partial charge in [-0.25, -0.2) is 0 Å². The average Bonchev–Trinajstić information content (AvgIpc) is 3.07. The van der Waals surface area contributed by atoms with E-state index < -0.39 is 0 Å². The number of anilines is 1. The fourth-order valence-corrected chi connectivity index (χ4v) is 3.75. The number of hydrogen-bond acceptors (Lipinski definition) is 4. The van der Waals surface area contributed by atoms with E-state index >= 15 is 0 Å². The van der Waals surface area contributed by atoms with Crippen molar-refractivity contribution >= 4 is 17.3 Å². The summed E-state index contributed by atoms with van der Waals surface area (Å²) in [5.74, 6) is 1.65. The van der Waals surface area contributed by atoms with Crippen LogP contribution in [0.25, 0.3) is 0 Å². The first-order valence-corrected chi connectivity index (χ1v) is 8.96. The number of rotatable bonds is 7. The predicted molar refractivity (Wildman–Crippen MR) is 92.5 cm³/mol. The van der Waals surface area contributed by atoms with Gasteiger partial charge in [0.2, 0.25) is 0 Å². The Balaban J connectivity index is 1.44. The van der Waals surface area contributed by atoms with Gasteiger partial charge >= 0.3 is 0 Å². The lowest BCUT2D eigenvalue weighted by atomic mass is 9.98.